The summed E-state index contributed by atoms with van der Waals surface area (Å²) in [6, 6.07) is 13.1. The highest BCUT2D eigenvalue weighted by Crippen LogP contribution is 2.29. The fourth-order valence-electron chi connectivity index (χ4n) is 2.74. The van der Waals surface area contributed by atoms with Gasteiger partial charge in [0, 0.05) is 0 Å². The molecule has 8 heteroatoms. The molecule has 0 radical (unpaired) electrons. The van der Waals surface area contributed by atoms with E-state index in [-0.39, 0.29) is 23.1 Å². The van der Waals surface area contributed by atoms with Crippen LogP contribution >= 0.6 is 0 Å². The van der Waals surface area contributed by atoms with E-state index in [1.807, 2.05) is 31.2 Å². The van der Waals surface area contributed by atoms with Gasteiger partial charge in [0.05, 0.1) is 11.6 Å². The van der Waals surface area contributed by atoms with Crippen molar-refractivity contribution in [1.82, 2.24) is 9.62 Å². The number of rotatable bonds is 6. The van der Waals surface area contributed by atoms with E-state index in [0.717, 1.165) is 5.56 Å². The molecule has 0 unspecified atom stereocenters. The molecule has 0 fully saturated rings. The zero-order valence-electron chi connectivity index (χ0n) is 15.0. The Morgan fingerprint density at radius 1 is 1.15 bits per heavy atom. The van der Waals surface area contributed by atoms with Crippen molar-refractivity contribution in [2.24, 2.45) is 0 Å². The third kappa shape index (κ3) is 3.95. The van der Waals surface area contributed by atoms with Gasteiger partial charge < -0.3 is 10.1 Å². The summed E-state index contributed by atoms with van der Waals surface area (Å²) in [7, 11) is -3.99. The third-order valence-electron chi connectivity index (χ3n) is 4.13. The average Bonchev–Trinajstić information content (AvgIpc) is 2.82. The third-order valence-corrected chi connectivity index (χ3v) is 5.91. The van der Waals surface area contributed by atoms with Crippen LogP contribution in [0, 0.1) is 6.92 Å². The van der Waals surface area contributed by atoms with Crippen molar-refractivity contribution in [2.45, 2.75) is 24.8 Å². The van der Waals surface area contributed by atoms with E-state index >= 15 is 0 Å². The molecule has 2 aromatic rings. The first-order valence-corrected chi connectivity index (χ1v) is 9.88. The summed E-state index contributed by atoms with van der Waals surface area (Å²) in [4.78, 5) is 24.5. The highest BCUT2D eigenvalue weighted by molar-refractivity contribution is 7.90. The van der Waals surface area contributed by atoms with Crippen LogP contribution in [-0.2, 0) is 14.8 Å². The Balaban J connectivity index is 1.58. The van der Waals surface area contributed by atoms with Crippen LogP contribution in [0.5, 0.6) is 5.75 Å². The lowest BCUT2D eigenvalue weighted by Crippen LogP contribution is -2.44. The summed E-state index contributed by atoms with van der Waals surface area (Å²) in [5.41, 5.74) is 1.20. The maximum atomic E-state index is 12.5. The zero-order valence-corrected chi connectivity index (χ0v) is 15.8. The van der Waals surface area contributed by atoms with Crippen LogP contribution in [0.1, 0.15) is 22.8 Å². The Hall–Kier alpha value is -2.87. The summed E-state index contributed by atoms with van der Waals surface area (Å²) < 4.78 is 31.1. The highest BCUT2D eigenvalue weighted by Gasteiger charge is 2.41. The number of sulfonamides is 1. The van der Waals surface area contributed by atoms with Gasteiger partial charge in [-0.1, -0.05) is 29.8 Å². The maximum Gasteiger partial charge on any atom is 0.269 e. The second-order valence-corrected chi connectivity index (χ2v) is 8.24. The Kier molecular flexibility index (Phi) is 5.18. The number of ether oxygens (including phenoxy) is 1. The summed E-state index contributed by atoms with van der Waals surface area (Å²) in [6.07, 6.45) is 0. The number of aryl methyl sites for hydroxylation is 1. The molecule has 0 spiro atoms. The smallest absolute Gasteiger partial charge is 0.269 e. The van der Waals surface area contributed by atoms with Crippen molar-refractivity contribution in [3.05, 3.63) is 59.7 Å². The average molecular weight is 388 g/mol. The number of carbonyl (C=O) groups is 2. The zero-order chi connectivity index (χ0) is 19.6. The Morgan fingerprint density at radius 3 is 2.48 bits per heavy atom. The standard InChI is InChI=1S/C19H20N2O5S/c1-13-7-9-15(10-8-13)26-12-14(2)20-18(22)11-21-19(23)16-5-3-4-6-17(16)27(21,24)25/h3-10,14H,11-12H2,1-2H3,(H,20,22)/t14-/m0/s1. The Labute approximate surface area is 158 Å². The summed E-state index contributed by atoms with van der Waals surface area (Å²) in [5, 5.41) is 2.65. The summed E-state index contributed by atoms with van der Waals surface area (Å²) in [6.45, 7) is 3.36. The van der Waals surface area contributed by atoms with Gasteiger partial charge in [0.2, 0.25) is 5.91 Å². The van der Waals surface area contributed by atoms with Gasteiger partial charge in [0.25, 0.3) is 15.9 Å². The fraction of sp³-hybridized carbons (Fsp3) is 0.263. The van der Waals surface area contributed by atoms with Gasteiger partial charge in [0.15, 0.2) is 0 Å². The number of fused-ring (bicyclic) bond motifs is 1. The van der Waals surface area contributed by atoms with Crippen molar-refractivity contribution in [2.75, 3.05) is 13.2 Å². The predicted octanol–water partition coefficient (Wildman–Crippen LogP) is 1.72. The number of nitrogens with zero attached hydrogens (tertiary/aromatic N) is 1. The molecule has 3 rings (SSSR count). The molecule has 142 valence electrons. The second-order valence-electron chi connectivity index (χ2n) is 6.41. The molecule has 0 aromatic heterocycles. The van der Waals surface area contributed by atoms with E-state index in [9.17, 15) is 18.0 Å². The van der Waals surface area contributed by atoms with E-state index in [0.29, 0.717) is 10.1 Å². The monoisotopic (exact) mass is 388 g/mol. The minimum Gasteiger partial charge on any atom is -0.491 e. The lowest BCUT2D eigenvalue weighted by molar-refractivity contribution is -0.121. The molecule has 0 aliphatic carbocycles. The summed E-state index contributed by atoms with van der Waals surface area (Å²) in [5.74, 6) is -0.585. The molecule has 7 nitrogen and oxygen atoms in total. The van der Waals surface area contributed by atoms with Crippen molar-refractivity contribution in [3.8, 4) is 5.75 Å². The van der Waals surface area contributed by atoms with Gasteiger partial charge in [-0.15, -0.1) is 0 Å². The topological polar surface area (TPSA) is 92.8 Å². The summed E-state index contributed by atoms with van der Waals surface area (Å²) >= 11 is 0. The van der Waals surface area contributed by atoms with Crippen molar-refractivity contribution < 1.29 is 22.7 Å². The van der Waals surface area contributed by atoms with E-state index in [1.54, 1.807) is 13.0 Å². The van der Waals surface area contributed by atoms with Crippen LogP contribution < -0.4 is 10.1 Å². The molecule has 0 bridgehead atoms. The molecule has 1 aliphatic rings. The molecule has 0 saturated carbocycles. The molecule has 0 saturated heterocycles. The SMILES string of the molecule is Cc1ccc(OC[C@H](C)NC(=O)CN2C(=O)c3ccccc3S2(=O)=O)cc1. The molecule has 1 heterocycles. The molecule has 1 aliphatic heterocycles. The van der Waals surface area contributed by atoms with Gasteiger partial charge in [0.1, 0.15) is 23.8 Å². The van der Waals surface area contributed by atoms with Gasteiger partial charge in [-0.3, -0.25) is 9.59 Å². The molecule has 1 N–H and O–H groups in total. The predicted molar refractivity (Wildman–Crippen MR) is 98.9 cm³/mol. The Morgan fingerprint density at radius 2 is 1.81 bits per heavy atom. The number of hydrogen-bond donors (Lipinski definition) is 1. The van der Waals surface area contributed by atoms with Gasteiger partial charge in [-0.05, 0) is 38.1 Å². The first kappa shape index (κ1) is 18.9. The van der Waals surface area contributed by atoms with Crippen molar-refractivity contribution in [1.29, 1.82) is 0 Å². The van der Waals surface area contributed by atoms with Crippen molar-refractivity contribution >= 4 is 21.8 Å². The first-order valence-electron chi connectivity index (χ1n) is 8.44. The normalized spacial score (nSPS) is 15.9. The number of amides is 2. The molecule has 27 heavy (non-hydrogen) atoms. The second kappa shape index (κ2) is 7.40. The van der Waals surface area contributed by atoms with Crippen LogP contribution in [0.2, 0.25) is 0 Å². The van der Waals surface area contributed by atoms with Gasteiger partial charge in [-0.25, -0.2) is 12.7 Å². The van der Waals surface area contributed by atoms with Gasteiger partial charge in [-0.2, -0.15) is 0 Å². The maximum absolute atomic E-state index is 12.5. The van der Waals surface area contributed by atoms with Crippen molar-refractivity contribution in [3.63, 3.8) is 0 Å². The quantitative estimate of drug-likeness (QED) is 0.813. The minimum absolute atomic E-state index is 0.0708. The largest absolute Gasteiger partial charge is 0.491 e. The van der Waals surface area contributed by atoms with E-state index in [1.165, 1.54) is 18.2 Å². The Bertz CT molecular complexity index is 970. The fourth-order valence-corrected chi connectivity index (χ4v) is 4.26. The van der Waals surface area contributed by atoms with E-state index in [2.05, 4.69) is 5.32 Å². The van der Waals surface area contributed by atoms with Crippen LogP contribution in [0.15, 0.2) is 53.4 Å². The molecular weight excluding hydrogens is 368 g/mol. The number of benzene rings is 2. The van der Waals surface area contributed by atoms with E-state index in [4.69, 9.17) is 4.74 Å². The van der Waals surface area contributed by atoms with Crippen LogP contribution in [0.3, 0.4) is 0 Å². The van der Waals surface area contributed by atoms with Crippen LogP contribution in [0.25, 0.3) is 0 Å². The molecule has 2 amide bonds. The first-order chi connectivity index (χ1) is 12.8. The highest BCUT2D eigenvalue weighted by atomic mass is 32.2. The molecular formula is C19H20N2O5S. The van der Waals surface area contributed by atoms with E-state index < -0.39 is 28.4 Å². The number of hydrogen-bond acceptors (Lipinski definition) is 5. The molecule has 2 aromatic carbocycles. The lowest BCUT2D eigenvalue weighted by Gasteiger charge is -2.18. The van der Waals surface area contributed by atoms with Crippen LogP contribution in [-0.4, -0.2) is 43.7 Å². The minimum atomic E-state index is -3.99. The molecule has 1 atom stereocenters. The van der Waals surface area contributed by atoms with Gasteiger partial charge >= 0.3 is 0 Å². The number of nitrogens with one attached hydrogen (secondary N) is 1. The lowest BCUT2D eigenvalue weighted by atomic mass is 10.2. The number of carbonyl (C=O) groups excluding carboxylic acids is 2. The van der Waals surface area contributed by atoms with Crippen LogP contribution in [0.4, 0.5) is 0 Å².